The standard InChI is InChI=1S/2C14H19NO4.C13H17NO5/c2*15-12(14(16)17)9-11-3-1-10(2-4-11)5-6-13-18-7-8-19-13;14-11(13(15)16)7-9-1-3-10(4-2-9)19-8-12-17-5-6-18-12/h2*1-4,12-13H,5-9,15H2,(H,16,17);1-4,11-12H,5-8,14H2,(H,15,16). The number of hydrogen-bond donors (Lipinski definition) is 6. The summed E-state index contributed by atoms with van der Waals surface area (Å²) in [4.78, 5) is 32.0. The maximum atomic E-state index is 10.7. The van der Waals surface area contributed by atoms with Gasteiger partial charge in [-0.25, -0.2) is 0 Å². The normalized spacial score (nSPS) is 17.5. The van der Waals surface area contributed by atoms with Crippen LogP contribution in [0, 0.1) is 0 Å². The lowest BCUT2D eigenvalue weighted by Gasteiger charge is -2.12. The van der Waals surface area contributed by atoms with Crippen LogP contribution in [0.15, 0.2) is 72.8 Å². The Bertz CT molecular complexity index is 1430. The first kappa shape index (κ1) is 45.2. The number of rotatable bonds is 18. The van der Waals surface area contributed by atoms with Crippen LogP contribution in [0.25, 0.3) is 0 Å². The van der Waals surface area contributed by atoms with E-state index in [1.165, 1.54) is 11.1 Å². The van der Waals surface area contributed by atoms with Crippen molar-refractivity contribution in [3.63, 3.8) is 0 Å². The van der Waals surface area contributed by atoms with Crippen molar-refractivity contribution in [2.75, 3.05) is 46.2 Å². The third-order valence-electron chi connectivity index (χ3n) is 9.08. The first-order valence-corrected chi connectivity index (χ1v) is 19.0. The van der Waals surface area contributed by atoms with Gasteiger partial charge < -0.3 is 65.7 Å². The average molecular weight is 798 g/mol. The van der Waals surface area contributed by atoms with Crippen LogP contribution in [-0.2, 0) is 74.9 Å². The van der Waals surface area contributed by atoms with Gasteiger partial charge in [0, 0.05) is 12.8 Å². The lowest BCUT2D eigenvalue weighted by molar-refractivity contribution is -0.139. The minimum absolute atomic E-state index is 0.0832. The summed E-state index contributed by atoms with van der Waals surface area (Å²) < 4.78 is 37.5. The maximum Gasteiger partial charge on any atom is 0.320 e. The van der Waals surface area contributed by atoms with E-state index >= 15 is 0 Å². The zero-order chi connectivity index (χ0) is 41.0. The van der Waals surface area contributed by atoms with Crippen molar-refractivity contribution in [3.05, 3.63) is 101 Å². The molecule has 3 atom stereocenters. The zero-order valence-corrected chi connectivity index (χ0v) is 31.9. The molecule has 6 rings (SSSR count). The van der Waals surface area contributed by atoms with Gasteiger partial charge in [-0.2, -0.15) is 0 Å². The second-order valence-corrected chi connectivity index (χ2v) is 13.6. The van der Waals surface area contributed by atoms with Gasteiger partial charge in [0.05, 0.1) is 39.6 Å². The largest absolute Gasteiger partial charge is 0.488 e. The predicted octanol–water partition coefficient (Wildman–Crippen LogP) is 2.29. The van der Waals surface area contributed by atoms with E-state index in [2.05, 4.69) is 0 Å². The Hall–Kier alpha value is -4.49. The smallest absolute Gasteiger partial charge is 0.320 e. The summed E-state index contributed by atoms with van der Waals surface area (Å²) in [6.07, 6.45) is 3.98. The third-order valence-corrected chi connectivity index (χ3v) is 9.08. The molecule has 16 nitrogen and oxygen atoms in total. The van der Waals surface area contributed by atoms with Crippen molar-refractivity contribution in [1.82, 2.24) is 0 Å². The molecule has 0 saturated carbocycles. The van der Waals surface area contributed by atoms with Crippen molar-refractivity contribution in [2.45, 2.75) is 81.9 Å². The lowest BCUT2D eigenvalue weighted by atomic mass is 10.0. The monoisotopic (exact) mass is 797 g/mol. The van der Waals surface area contributed by atoms with Gasteiger partial charge in [0.1, 0.15) is 30.5 Å². The van der Waals surface area contributed by atoms with Crippen LogP contribution in [0.4, 0.5) is 0 Å². The van der Waals surface area contributed by atoms with Gasteiger partial charge in [-0.15, -0.1) is 0 Å². The van der Waals surface area contributed by atoms with Crippen molar-refractivity contribution >= 4 is 17.9 Å². The highest BCUT2D eigenvalue weighted by Crippen LogP contribution is 2.17. The molecule has 3 aromatic carbocycles. The van der Waals surface area contributed by atoms with Crippen LogP contribution in [0.3, 0.4) is 0 Å². The molecule has 57 heavy (non-hydrogen) atoms. The second-order valence-electron chi connectivity index (χ2n) is 13.6. The summed E-state index contributed by atoms with van der Waals surface area (Å²) in [6.45, 7) is 4.24. The number of ether oxygens (including phenoxy) is 7. The molecule has 3 aliphatic heterocycles. The average Bonchev–Trinajstić information content (AvgIpc) is 4.03. The molecule has 0 aromatic heterocycles. The van der Waals surface area contributed by atoms with Crippen LogP contribution in [0.1, 0.15) is 40.7 Å². The van der Waals surface area contributed by atoms with Gasteiger partial charge in [-0.3, -0.25) is 14.4 Å². The molecule has 9 N–H and O–H groups in total. The molecule has 3 aliphatic rings. The molecule has 0 spiro atoms. The molecule has 3 aromatic rings. The quantitative estimate of drug-likeness (QED) is 0.108. The Kier molecular flexibility index (Phi) is 19.3. The predicted molar refractivity (Wildman–Crippen MR) is 206 cm³/mol. The van der Waals surface area contributed by atoms with Gasteiger partial charge in [-0.05, 0) is 72.1 Å². The fourth-order valence-corrected chi connectivity index (χ4v) is 5.81. The molecule has 0 radical (unpaired) electrons. The number of carboxylic acids is 3. The SMILES string of the molecule is NC(Cc1ccc(CCC2OCCO2)cc1)C(=O)O.NC(Cc1ccc(CCC2OCCO2)cc1)C(=O)O.NC(Cc1ccc(OCC2OCCO2)cc1)C(=O)O. The van der Waals surface area contributed by atoms with Gasteiger partial charge in [0.2, 0.25) is 0 Å². The fourth-order valence-electron chi connectivity index (χ4n) is 5.81. The zero-order valence-electron chi connectivity index (χ0n) is 31.9. The van der Waals surface area contributed by atoms with Crippen molar-refractivity contribution in [2.24, 2.45) is 17.2 Å². The number of aryl methyl sites for hydroxylation is 2. The molecule has 0 bridgehead atoms. The second kappa shape index (κ2) is 24.3. The van der Waals surface area contributed by atoms with E-state index in [-0.39, 0.29) is 18.9 Å². The Labute approximate surface area is 332 Å². The van der Waals surface area contributed by atoms with Gasteiger partial charge in [0.15, 0.2) is 18.9 Å². The number of hydrogen-bond acceptors (Lipinski definition) is 13. The van der Waals surface area contributed by atoms with Crippen LogP contribution in [-0.4, -0.2) is 116 Å². The summed E-state index contributed by atoms with van der Waals surface area (Å²) >= 11 is 0. The number of aliphatic carboxylic acids is 3. The Balaban J connectivity index is 0.000000189. The van der Waals surface area contributed by atoms with Crippen LogP contribution in [0.5, 0.6) is 5.75 Å². The van der Waals surface area contributed by atoms with Crippen LogP contribution in [0.2, 0.25) is 0 Å². The summed E-state index contributed by atoms with van der Waals surface area (Å²) in [5.41, 5.74) is 21.6. The molecule has 3 saturated heterocycles. The molecular formula is C41H55N3O13. The van der Waals surface area contributed by atoms with E-state index in [1.54, 1.807) is 24.3 Å². The molecule has 312 valence electrons. The minimum Gasteiger partial charge on any atom is -0.488 e. The van der Waals surface area contributed by atoms with Crippen molar-refractivity contribution in [3.8, 4) is 5.75 Å². The van der Waals surface area contributed by atoms with E-state index in [9.17, 15) is 14.4 Å². The molecule has 0 amide bonds. The third kappa shape index (κ3) is 17.3. The summed E-state index contributed by atoms with van der Waals surface area (Å²) in [6, 6.07) is 20.3. The molecule has 3 fully saturated rings. The molecule has 3 unspecified atom stereocenters. The van der Waals surface area contributed by atoms with E-state index < -0.39 is 36.0 Å². The van der Waals surface area contributed by atoms with E-state index in [1.807, 2.05) is 48.5 Å². The van der Waals surface area contributed by atoms with Crippen LogP contribution < -0.4 is 21.9 Å². The number of nitrogens with two attached hydrogens (primary N) is 3. The van der Waals surface area contributed by atoms with Gasteiger partial charge >= 0.3 is 17.9 Å². The highest BCUT2D eigenvalue weighted by atomic mass is 16.7. The number of carboxylic acid groups (broad SMARTS) is 3. The Morgan fingerprint density at radius 2 is 0.772 bits per heavy atom. The number of carbonyl (C=O) groups is 3. The maximum absolute atomic E-state index is 10.7. The molecule has 16 heteroatoms. The van der Waals surface area contributed by atoms with Gasteiger partial charge in [0.25, 0.3) is 0 Å². The first-order valence-electron chi connectivity index (χ1n) is 19.0. The molecule has 0 aliphatic carbocycles. The summed E-state index contributed by atoms with van der Waals surface area (Å²) in [5, 5.41) is 26.2. The highest BCUT2D eigenvalue weighted by molar-refractivity contribution is 5.74. The number of benzene rings is 3. The molecule has 3 heterocycles. The highest BCUT2D eigenvalue weighted by Gasteiger charge is 2.19. The van der Waals surface area contributed by atoms with E-state index in [0.717, 1.165) is 42.4 Å². The van der Waals surface area contributed by atoms with Crippen molar-refractivity contribution < 1.29 is 62.9 Å². The van der Waals surface area contributed by atoms with Crippen molar-refractivity contribution in [1.29, 1.82) is 0 Å². The minimum atomic E-state index is -1.00. The van der Waals surface area contributed by atoms with Crippen LogP contribution >= 0.6 is 0 Å². The lowest BCUT2D eigenvalue weighted by Crippen LogP contribution is -2.32. The fraction of sp³-hybridized carbons (Fsp3) is 0.488. The van der Waals surface area contributed by atoms with Gasteiger partial charge in [-0.1, -0.05) is 60.7 Å². The first-order chi connectivity index (χ1) is 27.4. The molecular weight excluding hydrogens is 742 g/mol. The summed E-state index contributed by atoms with van der Waals surface area (Å²) in [7, 11) is 0. The van der Waals surface area contributed by atoms with E-state index in [4.69, 9.17) is 65.7 Å². The summed E-state index contributed by atoms with van der Waals surface area (Å²) in [5.74, 6) is -2.26. The Morgan fingerprint density at radius 3 is 1.09 bits per heavy atom. The Morgan fingerprint density at radius 1 is 0.491 bits per heavy atom. The topological polar surface area (TPSA) is 255 Å². The van der Waals surface area contributed by atoms with E-state index in [0.29, 0.717) is 71.3 Å².